The van der Waals surface area contributed by atoms with E-state index in [2.05, 4.69) is 0 Å². The van der Waals surface area contributed by atoms with Gasteiger partial charge in [0, 0.05) is 22.6 Å². The summed E-state index contributed by atoms with van der Waals surface area (Å²) < 4.78 is 0. The molecule has 3 rings (SSSR count). The molecule has 0 bridgehead atoms. The lowest BCUT2D eigenvalue weighted by Gasteiger charge is -2.24. The molecule has 26 heavy (non-hydrogen) atoms. The first-order chi connectivity index (χ1) is 12.3. The van der Waals surface area contributed by atoms with Crippen molar-refractivity contribution in [1.29, 1.82) is 0 Å². The largest absolute Gasteiger partial charge is 0.508 e. The summed E-state index contributed by atoms with van der Waals surface area (Å²) in [5, 5.41) is 32.1. The zero-order valence-electron chi connectivity index (χ0n) is 15.5. The predicted molar refractivity (Wildman–Crippen MR) is 104 cm³/mol. The molecule has 0 aliphatic rings. The van der Waals surface area contributed by atoms with Crippen molar-refractivity contribution in [1.82, 2.24) is 0 Å². The van der Waals surface area contributed by atoms with Crippen LogP contribution in [0.1, 0.15) is 44.9 Å². The third-order valence-electron chi connectivity index (χ3n) is 5.34. The lowest BCUT2D eigenvalue weighted by molar-refractivity contribution is 0.447. The first kappa shape index (κ1) is 17.9. The SMILES string of the molecule is Cc1ccc(C(c2ccccc2O)c2ccc(C)c(C)c2O)c(O)c1C. The molecular weight excluding hydrogens is 324 g/mol. The van der Waals surface area contributed by atoms with Gasteiger partial charge < -0.3 is 15.3 Å². The van der Waals surface area contributed by atoms with Gasteiger partial charge in [0.05, 0.1) is 0 Å². The second kappa shape index (κ2) is 6.75. The Hall–Kier alpha value is -2.94. The highest BCUT2D eigenvalue weighted by atomic mass is 16.3. The fraction of sp³-hybridized carbons (Fsp3) is 0.217. The maximum atomic E-state index is 10.8. The summed E-state index contributed by atoms with van der Waals surface area (Å²) in [4.78, 5) is 0. The number of phenolic OH excluding ortho intramolecular Hbond substituents is 3. The number of para-hydroxylation sites is 1. The van der Waals surface area contributed by atoms with Crippen LogP contribution >= 0.6 is 0 Å². The third kappa shape index (κ3) is 2.90. The summed E-state index contributed by atoms with van der Waals surface area (Å²) in [7, 11) is 0. The van der Waals surface area contributed by atoms with Crippen LogP contribution in [0.25, 0.3) is 0 Å². The average molecular weight is 348 g/mol. The number of phenols is 3. The first-order valence-electron chi connectivity index (χ1n) is 8.69. The van der Waals surface area contributed by atoms with Crippen molar-refractivity contribution in [3.8, 4) is 17.2 Å². The summed E-state index contributed by atoms with van der Waals surface area (Å²) >= 11 is 0. The molecule has 3 aromatic carbocycles. The predicted octanol–water partition coefficient (Wildman–Crippen LogP) is 5.22. The fourth-order valence-corrected chi connectivity index (χ4v) is 3.34. The molecule has 0 heterocycles. The minimum absolute atomic E-state index is 0.132. The lowest BCUT2D eigenvalue weighted by Crippen LogP contribution is -2.06. The van der Waals surface area contributed by atoms with Crippen molar-refractivity contribution in [3.05, 3.63) is 87.5 Å². The van der Waals surface area contributed by atoms with E-state index in [9.17, 15) is 15.3 Å². The monoisotopic (exact) mass is 348 g/mol. The molecule has 0 radical (unpaired) electrons. The Kier molecular flexibility index (Phi) is 4.64. The van der Waals surface area contributed by atoms with Gasteiger partial charge in [0.2, 0.25) is 0 Å². The molecule has 0 amide bonds. The Morgan fingerprint density at radius 2 is 1.04 bits per heavy atom. The quantitative estimate of drug-likeness (QED) is 0.569. The maximum Gasteiger partial charge on any atom is 0.122 e. The summed E-state index contributed by atoms with van der Waals surface area (Å²) in [6, 6.07) is 14.7. The molecule has 3 nitrogen and oxygen atoms in total. The van der Waals surface area contributed by atoms with Gasteiger partial charge in [-0.05, 0) is 56.0 Å². The molecule has 3 N–H and O–H groups in total. The van der Waals surface area contributed by atoms with E-state index in [1.807, 2.05) is 64.1 Å². The van der Waals surface area contributed by atoms with Gasteiger partial charge in [-0.2, -0.15) is 0 Å². The number of benzene rings is 3. The Morgan fingerprint density at radius 1 is 0.577 bits per heavy atom. The molecule has 0 aliphatic heterocycles. The van der Waals surface area contributed by atoms with Gasteiger partial charge in [0.1, 0.15) is 17.2 Å². The Bertz CT molecular complexity index is 916. The van der Waals surface area contributed by atoms with E-state index >= 15 is 0 Å². The topological polar surface area (TPSA) is 60.7 Å². The van der Waals surface area contributed by atoms with E-state index in [4.69, 9.17) is 0 Å². The minimum Gasteiger partial charge on any atom is -0.508 e. The van der Waals surface area contributed by atoms with Crippen LogP contribution in [0.3, 0.4) is 0 Å². The van der Waals surface area contributed by atoms with Crippen LogP contribution in [0.15, 0.2) is 48.5 Å². The first-order valence-corrected chi connectivity index (χ1v) is 8.69. The van der Waals surface area contributed by atoms with Crippen LogP contribution in [-0.4, -0.2) is 15.3 Å². The van der Waals surface area contributed by atoms with E-state index in [-0.39, 0.29) is 17.2 Å². The molecule has 0 spiro atoms. The highest BCUT2D eigenvalue weighted by molar-refractivity contribution is 5.59. The molecular formula is C23H24O3. The number of hydrogen-bond donors (Lipinski definition) is 3. The Balaban J connectivity index is 2.34. The molecule has 0 unspecified atom stereocenters. The van der Waals surface area contributed by atoms with Crippen LogP contribution in [-0.2, 0) is 0 Å². The van der Waals surface area contributed by atoms with Crippen LogP contribution in [0.4, 0.5) is 0 Å². The third-order valence-corrected chi connectivity index (χ3v) is 5.34. The van der Waals surface area contributed by atoms with E-state index in [0.29, 0.717) is 16.7 Å². The number of aryl methyl sites for hydroxylation is 2. The van der Waals surface area contributed by atoms with Gasteiger partial charge in [-0.25, -0.2) is 0 Å². The molecule has 3 aromatic rings. The van der Waals surface area contributed by atoms with Gasteiger partial charge in [-0.1, -0.05) is 42.5 Å². The Morgan fingerprint density at radius 3 is 1.50 bits per heavy atom. The van der Waals surface area contributed by atoms with E-state index in [1.54, 1.807) is 12.1 Å². The highest BCUT2D eigenvalue weighted by Crippen LogP contribution is 2.45. The number of rotatable bonds is 3. The van der Waals surface area contributed by atoms with Crippen LogP contribution in [0, 0.1) is 27.7 Å². The smallest absolute Gasteiger partial charge is 0.122 e. The van der Waals surface area contributed by atoms with Crippen molar-refractivity contribution in [2.24, 2.45) is 0 Å². The van der Waals surface area contributed by atoms with Crippen molar-refractivity contribution in [2.45, 2.75) is 33.6 Å². The molecule has 0 saturated carbocycles. The van der Waals surface area contributed by atoms with Crippen LogP contribution in [0.2, 0.25) is 0 Å². The van der Waals surface area contributed by atoms with Gasteiger partial charge >= 0.3 is 0 Å². The maximum absolute atomic E-state index is 10.8. The zero-order valence-corrected chi connectivity index (χ0v) is 15.5. The second-order valence-electron chi connectivity index (χ2n) is 6.88. The van der Waals surface area contributed by atoms with Crippen molar-refractivity contribution >= 4 is 0 Å². The van der Waals surface area contributed by atoms with Crippen molar-refractivity contribution in [3.63, 3.8) is 0 Å². The Labute approximate surface area is 154 Å². The molecule has 0 aliphatic carbocycles. The average Bonchev–Trinajstić information content (AvgIpc) is 2.62. The molecule has 0 aromatic heterocycles. The lowest BCUT2D eigenvalue weighted by atomic mass is 9.81. The molecule has 3 heteroatoms. The summed E-state index contributed by atoms with van der Waals surface area (Å²) in [5.74, 6) is 0.0364. The molecule has 0 fully saturated rings. The van der Waals surface area contributed by atoms with E-state index in [1.165, 1.54) is 0 Å². The van der Waals surface area contributed by atoms with Crippen LogP contribution < -0.4 is 0 Å². The van der Waals surface area contributed by atoms with Gasteiger partial charge in [0.15, 0.2) is 0 Å². The molecule has 134 valence electrons. The molecule has 0 atom stereocenters. The number of hydrogen-bond acceptors (Lipinski definition) is 3. The normalized spacial score (nSPS) is 11.1. The highest BCUT2D eigenvalue weighted by Gasteiger charge is 2.26. The fourth-order valence-electron chi connectivity index (χ4n) is 3.34. The van der Waals surface area contributed by atoms with Crippen molar-refractivity contribution < 1.29 is 15.3 Å². The van der Waals surface area contributed by atoms with E-state index < -0.39 is 5.92 Å². The zero-order chi connectivity index (χ0) is 19.0. The van der Waals surface area contributed by atoms with Crippen LogP contribution in [0.5, 0.6) is 17.2 Å². The second-order valence-corrected chi connectivity index (χ2v) is 6.88. The van der Waals surface area contributed by atoms with E-state index in [0.717, 1.165) is 22.3 Å². The van der Waals surface area contributed by atoms with Gasteiger partial charge in [-0.3, -0.25) is 0 Å². The standard InChI is InChI=1S/C23H24O3/c1-13-9-11-18(22(25)15(13)3)21(17-7-5-6-8-20(17)24)19-12-10-14(2)16(4)23(19)26/h5-12,21,24-26H,1-4H3. The molecule has 0 saturated heterocycles. The summed E-state index contributed by atoms with van der Waals surface area (Å²) in [6.07, 6.45) is 0. The van der Waals surface area contributed by atoms with Crippen molar-refractivity contribution in [2.75, 3.05) is 0 Å². The summed E-state index contributed by atoms with van der Waals surface area (Å²) in [5.41, 5.74) is 5.54. The number of aromatic hydroxyl groups is 3. The van der Waals surface area contributed by atoms with Gasteiger partial charge in [0.25, 0.3) is 0 Å². The summed E-state index contributed by atoms with van der Waals surface area (Å²) in [6.45, 7) is 7.63. The minimum atomic E-state index is -0.477. The van der Waals surface area contributed by atoms with Gasteiger partial charge in [-0.15, -0.1) is 0 Å².